The standard InChI is InChI=1S/C18H16FN5O2/c1-11-3-4-12(2)15(9-11)23-18-16(24(25)26)17(20-10-21-18)22-14-7-5-13(19)6-8-14/h3-10H,1-2H3,(H2,20,21,22,23). The van der Waals surface area contributed by atoms with Crippen LogP contribution in [0.15, 0.2) is 48.8 Å². The summed E-state index contributed by atoms with van der Waals surface area (Å²) < 4.78 is 13.0. The first kappa shape index (κ1) is 17.3. The fourth-order valence-electron chi connectivity index (χ4n) is 2.40. The van der Waals surface area contributed by atoms with Crippen molar-refractivity contribution in [3.63, 3.8) is 0 Å². The molecule has 7 nitrogen and oxygen atoms in total. The summed E-state index contributed by atoms with van der Waals surface area (Å²) in [5, 5.41) is 17.5. The lowest BCUT2D eigenvalue weighted by molar-refractivity contribution is -0.383. The maximum atomic E-state index is 13.0. The van der Waals surface area contributed by atoms with Gasteiger partial charge >= 0.3 is 5.69 Å². The van der Waals surface area contributed by atoms with E-state index in [2.05, 4.69) is 20.6 Å². The van der Waals surface area contributed by atoms with Crippen molar-refractivity contribution in [1.29, 1.82) is 0 Å². The van der Waals surface area contributed by atoms with Crippen molar-refractivity contribution in [2.24, 2.45) is 0 Å². The van der Waals surface area contributed by atoms with Crippen LogP contribution in [-0.4, -0.2) is 14.9 Å². The van der Waals surface area contributed by atoms with Gasteiger partial charge in [0.1, 0.15) is 12.1 Å². The Bertz CT molecular complexity index is 960. The van der Waals surface area contributed by atoms with Crippen molar-refractivity contribution < 1.29 is 9.31 Å². The fourth-order valence-corrected chi connectivity index (χ4v) is 2.40. The topological polar surface area (TPSA) is 93.0 Å². The average molecular weight is 353 g/mol. The second kappa shape index (κ2) is 7.14. The largest absolute Gasteiger partial charge is 0.353 e. The number of hydrogen-bond acceptors (Lipinski definition) is 6. The highest BCUT2D eigenvalue weighted by atomic mass is 19.1. The Hall–Kier alpha value is -3.55. The Labute approximate surface area is 149 Å². The first-order valence-electron chi connectivity index (χ1n) is 7.80. The highest BCUT2D eigenvalue weighted by Crippen LogP contribution is 2.33. The predicted molar refractivity (Wildman–Crippen MR) is 97.6 cm³/mol. The van der Waals surface area contributed by atoms with Gasteiger partial charge in [0.15, 0.2) is 0 Å². The summed E-state index contributed by atoms with van der Waals surface area (Å²) >= 11 is 0. The molecule has 0 fully saturated rings. The summed E-state index contributed by atoms with van der Waals surface area (Å²) in [6.45, 7) is 3.83. The number of hydrogen-bond donors (Lipinski definition) is 2. The Morgan fingerprint density at radius 2 is 1.65 bits per heavy atom. The predicted octanol–water partition coefficient (Wildman–Crippen LogP) is 4.63. The van der Waals surface area contributed by atoms with E-state index in [1.165, 1.54) is 30.6 Å². The van der Waals surface area contributed by atoms with Crippen LogP contribution >= 0.6 is 0 Å². The van der Waals surface area contributed by atoms with Gasteiger partial charge in [0.2, 0.25) is 11.6 Å². The molecule has 0 aliphatic heterocycles. The number of nitrogens with zero attached hydrogens (tertiary/aromatic N) is 3. The number of anilines is 4. The van der Waals surface area contributed by atoms with Gasteiger partial charge in [0, 0.05) is 11.4 Å². The number of halogens is 1. The summed E-state index contributed by atoms with van der Waals surface area (Å²) in [7, 11) is 0. The lowest BCUT2D eigenvalue weighted by Gasteiger charge is -2.12. The van der Waals surface area contributed by atoms with Crippen molar-refractivity contribution in [3.05, 3.63) is 75.9 Å². The van der Waals surface area contributed by atoms with Gasteiger partial charge in [0.05, 0.1) is 4.92 Å². The molecule has 0 atom stereocenters. The van der Waals surface area contributed by atoms with Gasteiger partial charge in [-0.3, -0.25) is 10.1 Å². The van der Waals surface area contributed by atoms with Crippen molar-refractivity contribution in [2.45, 2.75) is 13.8 Å². The summed E-state index contributed by atoms with van der Waals surface area (Å²) in [6.07, 6.45) is 1.23. The van der Waals surface area contributed by atoms with Gasteiger partial charge in [0.25, 0.3) is 0 Å². The van der Waals surface area contributed by atoms with Crippen molar-refractivity contribution >= 4 is 28.7 Å². The Balaban J connectivity index is 1.99. The van der Waals surface area contributed by atoms with E-state index in [4.69, 9.17) is 0 Å². The molecule has 0 bridgehead atoms. The van der Waals surface area contributed by atoms with E-state index in [0.29, 0.717) is 5.69 Å². The SMILES string of the molecule is Cc1ccc(C)c(Nc2ncnc(Nc3ccc(F)cc3)c2[N+](=O)[O-])c1. The molecule has 2 N–H and O–H groups in total. The fraction of sp³-hybridized carbons (Fsp3) is 0.111. The summed E-state index contributed by atoms with van der Waals surface area (Å²) in [5.41, 5.74) is 2.85. The van der Waals surface area contributed by atoms with E-state index in [1.807, 2.05) is 32.0 Å². The van der Waals surface area contributed by atoms with Crippen LogP contribution in [0.4, 0.5) is 33.1 Å². The summed E-state index contributed by atoms with van der Waals surface area (Å²) in [4.78, 5) is 19.0. The van der Waals surface area contributed by atoms with Crippen LogP contribution in [0.25, 0.3) is 0 Å². The van der Waals surface area contributed by atoms with Gasteiger partial charge in [-0.15, -0.1) is 0 Å². The Morgan fingerprint density at radius 1 is 1.00 bits per heavy atom. The van der Waals surface area contributed by atoms with Crippen LogP contribution in [0.2, 0.25) is 0 Å². The third kappa shape index (κ3) is 3.75. The molecule has 0 saturated heterocycles. The zero-order valence-electron chi connectivity index (χ0n) is 14.2. The number of rotatable bonds is 5. The highest BCUT2D eigenvalue weighted by molar-refractivity contribution is 5.77. The molecule has 0 amide bonds. The molecule has 26 heavy (non-hydrogen) atoms. The van der Waals surface area contributed by atoms with Crippen LogP contribution < -0.4 is 10.6 Å². The number of aryl methyl sites for hydroxylation is 2. The Morgan fingerprint density at radius 3 is 2.31 bits per heavy atom. The number of benzene rings is 2. The minimum Gasteiger partial charge on any atom is -0.334 e. The molecule has 0 unspecified atom stereocenters. The molecular formula is C18H16FN5O2. The quantitative estimate of drug-likeness (QED) is 0.513. The summed E-state index contributed by atoms with van der Waals surface area (Å²) in [5.74, 6) is -0.308. The molecule has 132 valence electrons. The van der Waals surface area contributed by atoms with Crippen LogP contribution in [-0.2, 0) is 0 Å². The van der Waals surface area contributed by atoms with E-state index in [1.54, 1.807) is 0 Å². The van der Waals surface area contributed by atoms with Gasteiger partial charge in [-0.2, -0.15) is 0 Å². The van der Waals surface area contributed by atoms with E-state index < -0.39 is 10.7 Å². The third-order valence-electron chi connectivity index (χ3n) is 3.76. The molecule has 3 aromatic rings. The number of nitrogens with one attached hydrogen (secondary N) is 2. The molecule has 0 aliphatic carbocycles. The molecule has 0 aliphatic rings. The summed E-state index contributed by atoms with van der Waals surface area (Å²) in [6, 6.07) is 11.2. The monoisotopic (exact) mass is 353 g/mol. The zero-order valence-corrected chi connectivity index (χ0v) is 14.2. The van der Waals surface area contributed by atoms with Crippen molar-refractivity contribution in [2.75, 3.05) is 10.6 Å². The second-order valence-electron chi connectivity index (χ2n) is 5.75. The maximum Gasteiger partial charge on any atom is 0.353 e. The Kier molecular flexibility index (Phi) is 4.74. The molecular weight excluding hydrogens is 337 g/mol. The van der Waals surface area contributed by atoms with Gasteiger partial charge in [-0.25, -0.2) is 14.4 Å². The molecule has 8 heteroatoms. The van der Waals surface area contributed by atoms with E-state index >= 15 is 0 Å². The van der Waals surface area contributed by atoms with E-state index in [0.717, 1.165) is 16.8 Å². The van der Waals surface area contributed by atoms with Crippen LogP contribution in [0.1, 0.15) is 11.1 Å². The zero-order chi connectivity index (χ0) is 18.7. The lowest BCUT2D eigenvalue weighted by Crippen LogP contribution is -2.06. The van der Waals surface area contributed by atoms with Gasteiger partial charge in [-0.05, 0) is 55.3 Å². The van der Waals surface area contributed by atoms with Crippen LogP contribution in [0, 0.1) is 29.8 Å². The maximum absolute atomic E-state index is 13.0. The second-order valence-corrected chi connectivity index (χ2v) is 5.75. The van der Waals surface area contributed by atoms with Gasteiger partial charge in [-0.1, -0.05) is 12.1 Å². The van der Waals surface area contributed by atoms with Crippen molar-refractivity contribution in [3.8, 4) is 0 Å². The molecule has 1 aromatic heterocycles. The van der Waals surface area contributed by atoms with Gasteiger partial charge < -0.3 is 10.6 Å². The third-order valence-corrected chi connectivity index (χ3v) is 3.76. The average Bonchev–Trinajstić information content (AvgIpc) is 2.60. The van der Waals surface area contributed by atoms with E-state index in [9.17, 15) is 14.5 Å². The molecule has 1 heterocycles. The smallest absolute Gasteiger partial charge is 0.334 e. The van der Waals surface area contributed by atoms with E-state index in [-0.39, 0.29) is 17.3 Å². The minimum absolute atomic E-state index is 0.0180. The first-order valence-corrected chi connectivity index (χ1v) is 7.80. The van der Waals surface area contributed by atoms with Crippen LogP contribution in [0.5, 0.6) is 0 Å². The van der Waals surface area contributed by atoms with Crippen LogP contribution in [0.3, 0.4) is 0 Å². The molecule has 2 aromatic carbocycles. The molecule has 0 spiro atoms. The normalized spacial score (nSPS) is 10.4. The first-order chi connectivity index (χ1) is 12.4. The molecule has 0 saturated carbocycles. The molecule has 3 rings (SSSR count). The minimum atomic E-state index is -0.556. The highest BCUT2D eigenvalue weighted by Gasteiger charge is 2.23. The lowest BCUT2D eigenvalue weighted by atomic mass is 10.1. The number of nitro groups is 1. The number of aromatic nitrogens is 2. The van der Waals surface area contributed by atoms with Crippen molar-refractivity contribution in [1.82, 2.24) is 9.97 Å². The molecule has 0 radical (unpaired) electrons.